The van der Waals surface area contributed by atoms with E-state index >= 15 is 0 Å². The lowest BCUT2D eigenvalue weighted by Crippen LogP contribution is -2.20. The van der Waals surface area contributed by atoms with Crippen LogP contribution in [0.1, 0.15) is 23.6 Å². The van der Waals surface area contributed by atoms with Crippen molar-refractivity contribution in [2.24, 2.45) is 10.2 Å². The number of hydrogen-bond donors (Lipinski definition) is 1. The molecule has 9 nitrogen and oxygen atoms in total. The molecule has 2 rings (SSSR count). The molecule has 1 aromatic carbocycles. The molecule has 0 unspecified atom stereocenters. The highest BCUT2D eigenvalue weighted by Gasteiger charge is 2.33. The van der Waals surface area contributed by atoms with Crippen LogP contribution in [0.2, 0.25) is 0 Å². The number of nitrogens with zero attached hydrogens (tertiary/aromatic N) is 5. The van der Waals surface area contributed by atoms with E-state index in [4.69, 9.17) is 5.26 Å². The topological polar surface area (TPSA) is 134 Å². The maximum Gasteiger partial charge on any atom is 0.416 e. The van der Waals surface area contributed by atoms with Crippen molar-refractivity contribution in [3.8, 4) is 11.9 Å². The smallest absolute Gasteiger partial charge is 0.416 e. The molecule has 12 heteroatoms. The lowest BCUT2D eigenvalue weighted by Gasteiger charge is -2.10. The van der Waals surface area contributed by atoms with Crippen molar-refractivity contribution in [2.45, 2.75) is 26.6 Å². The minimum Gasteiger partial charge on any atom is -0.493 e. The number of nitro benzene ring substituents is 1. The second-order valence-electron chi connectivity index (χ2n) is 5.49. The molecule has 0 aliphatic carbocycles. The molecule has 1 heterocycles. The number of azo groups is 1. The second-order valence-corrected chi connectivity index (χ2v) is 5.49. The highest BCUT2D eigenvalue weighted by atomic mass is 19.4. The zero-order valence-electron chi connectivity index (χ0n) is 14.5. The fraction of sp³-hybridized carbons (Fsp3) is 0.250. The van der Waals surface area contributed by atoms with Crippen LogP contribution in [0, 0.1) is 28.4 Å². The fourth-order valence-corrected chi connectivity index (χ4v) is 2.38. The van der Waals surface area contributed by atoms with Crippen LogP contribution in [0.25, 0.3) is 0 Å². The largest absolute Gasteiger partial charge is 0.493 e. The summed E-state index contributed by atoms with van der Waals surface area (Å²) in [5.41, 5.74) is -4.14. The van der Waals surface area contributed by atoms with Crippen molar-refractivity contribution in [1.29, 1.82) is 5.26 Å². The summed E-state index contributed by atoms with van der Waals surface area (Å²) in [5.74, 6) is -0.563. The van der Waals surface area contributed by atoms with E-state index in [0.717, 1.165) is 10.6 Å². The first-order valence-corrected chi connectivity index (χ1v) is 7.66. The van der Waals surface area contributed by atoms with Gasteiger partial charge in [0.2, 0.25) is 5.88 Å². The van der Waals surface area contributed by atoms with E-state index in [1.54, 1.807) is 6.07 Å². The molecule has 0 bridgehead atoms. The number of halogens is 3. The van der Waals surface area contributed by atoms with Gasteiger partial charge in [-0.2, -0.15) is 18.4 Å². The maximum absolute atomic E-state index is 12.7. The molecular formula is C16H12F3N5O4. The van der Waals surface area contributed by atoms with Crippen molar-refractivity contribution in [3.63, 3.8) is 0 Å². The molecule has 0 saturated heterocycles. The van der Waals surface area contributed by atoms with Crippen molar-refractivity contribution < 1.29 is 23.2 Å². The molecule has 1 N–H and O–H groups in total. The Bertz CT molecular complexity index is 1080. The van der Waals surface area contributed by atoms with E-state index in [-0.39, 0.29) is 23.4 Å². The van der Waals surface area contributed by atoms with Crippen LogP contribution in [-0.2, 0) is 12.7 Å². The van der Waals surface area contributed by atoms with Gasteiger partial charge in [-0.05, 0) is 26.0 Å². The number of hydrogen-bond acceptors (Lipinski definition) is 7. The maximum atomic E-state index is 12.7. The first-order chi connectivity index (χ1) is 13.0. The first-order valence-electron chi connectivity index (χ1n) is 7.66. The summed E-state index contributed by atoms with van der Waals surface area (Å²) in [4.78, 5) is 22.4. The van der Waals surface area contributed by atoms with Gasteiger partial charge in [0.05, 0.1) is 10.5 Å². The van der Waals surface area contributed by atoms with Crippen LogP contribution in [0.15, 0.2) is 33.2 Å². The SMILES string of the molecule is CCn1c(O)c(C#N)c(C)c(N=Nc2ccc(C(F)(F)F)cc2[N+](=O)[O-])c1=O. The zero-order chi connectivity index (χ0) is 21.2. The molecule has 0 amide bonds. The summed E-state index contributed by atoms with van der Waals surface area (Å²) >= 11 is 0. The molecule has 146 valence electrons. The number of benzene rings is 1. The van der Waals surface area contributed by atoms with Gasteiger partial charge in [0, 0.05) is 18.2 Å². The Morgan fingerprint density at radius 3 is 2.50 bits per heavy atom. The van der Waals surface area contributed by atoms with Gasteiger partial charge in [0.1, 0.15) is 11.6 Å². The van der Waals surface area contributed by atoms with Gasteiger partial charge in [0.25, 0.3) is 11.2 Å². The molecule has 0 spiro atoms. The van der Waals surface area contributed by atoms with Crippen molar-refractivity contribution >= 4 is 17.1 Å². The summed E-state index contributed by atoms with van der Waals surface area (Å²) in [6.07, 6.45) is -4.79. The van der Waals surface area contributed by atoms with Crippen LogP contribution in [0.3, 0.4) is 0 Å². The molecule has 28 heavy (non-hydrogen) atoms. The molecule has 0 aliphatic heterocycles. The average Bonchev–Trinajstić information content (AvgIpc) is 2.61. The number of pyridine rings is 1. The minimum atomic E-state index is -4.79. The van der Waals surface area contributed by atoms with Crippen LogP contribution >= 0.6 is 0 Å². The lowest BCUT2D eigenvalue weighted by atomic mass is 10.1. The summed E-state index contributed by atoms with van der Waals surface area (Å²) in [7, 11) is 0. The Morgan fingerprint density at radius 2 is 2.00 bits per heavy atom. The second kappa shape index (κ2) is 7.47. The standard InChI is InChI=1S/C16H12F3N5O4/c1-3-23-14(25)10(7-20)8(2)13(15(23)26)22-21-11-5-4-9(16(17,18)19)6-12(11)24(27)28/h4-6,25H,3H2,1-2H3. The Balaban J connectivity index is 2.66. The third-order valence-corrected chi connectivity index (χ3v) is 3.84. The van der Waals surface area contributed by atoms with Gasteiger partial charge in [0.15, 0.2) is 11.4 Å². The summed E-state index contributed by atoms with van der Waals surface area (Å²) < 4.78 is 39.1. The van der Waals surface area contributed by atoms with E-state index < -0.39 is 39.5 Å². The number of alkyl halides is 3. The first kappa shape index (κ1) is 20.6. The van der Waals surface area contributed by atoms with E-state index in [0.29, 0.717) is 12.1 Å². The van der Waals surface area contributed by atoms with Crippen molar-refractivity contribution in [3.05, 3.63) is 55.4 Å². The molecule has 0 aliphatic rings. The number of rotatable bonds is 4. The summed E-state index contributed by atoms with van der Waals surface area (Å²) in [6, 6.07) is 3.37. The van der Waals surface area contributed by atoms with Gasteiger partial charge in [-0.1, -0.05) is 0 Å². The average molecular weight is 395 g/mol. The number of aromatic hydroxyl groups is 1. The molecule has 2 aromatic rings. The van der Waals surface area contributed by atoms with Crippen LogP contribution < -0.4 is 5.56 Å². The molecular weight excluding hydrogens is 383 g/mol. The van der Waals surface area contributed by atoms with Gasteiger partial charge < -0.3 is 5.11 Å². The number of nitro groups is 1. The lowest BCUT2D eigenvalue weighted by molar-refractivity contribution is -0.384. The van der Waals surface area contributed by atoms with Gasteiger partial charge >= 0.3 is 6.18 Å². The van der Waals surface area contributed by atoms with E-state index in [9.17, 15) is 33.2 Å². The van der Waals surface area contributed by atoms with Crippen LogP contribution in [0.4, 0.5) is 30.2 Å². The predicted molar refractivity (Wildman–Crippen MR) is 89.8 cm³/mol. The third kappa shape index (κ3) is 3.68. The molecule has 0 atom stereocenters. The van der Waals surface area contributed by atoms with Crippen molar-refractivity contribution in [1.82, 2.24) is 4.57 Å². The van der Waals surface area contributed by atoms with Crippen LogP contribution in [-0.4, -0.2) is 14.6 Å². The summed E-state index contributed by atoms with van der Waals surface area (Å²) in [6.45, 7) is 2.84. The number of nitriles is 1. The van der Waals surface area contributed by atoms with E-state index in [1.807, 2.05) is 0 Å². The summed E-state index contributed by atoms with van der Waals surface area (Å²) in [5, 5.41) is 37.3. The van der Waals surface area contributed by atoms with E-state index in [2.05, 4.69) is 10.2 Å². The van der Waals surface area contributed by atoms with Gasteiger partial charge in [-0.15, -0.1) is 10.2 Å². The Hall–Kier alpha value is -3.75. The Morgan fingerprint density at radius 1 is 1.36 bits per heavy atom. The molecule has 1 aromatic heterocycles. The number of aromatic nitrogens is 1. The quantitative estimate of drug-likeness (QED) is 0.473. The zero-order valence-corrected chi connectivity index (χ0v) is 14.5. The Kier molecular flexibility index (Phi) is 5.49. The highest BCUT2D eigenvalue weighted by Crippen LogP contribution is 2.37. The van der Waals surface area contributed by atoms with Gasteiger partial charge in [-0.25, -0.2) is 0 Å². The normalized spacial score (nSPS) is 11.6. The van der Waals surface area contributed by atoms with E-state index in [1.165, 1.54) is 13.8 Å². The molecule has 0 radical (unpaired) electrons. The van der Waals surface area contributed by atoms with Crippen LogP contribution in [0.5, 0.6) is 5.88 Å². The molecule has 0 fully saturated rings. The monoisotopic (exact) mass is 395 g/mol. The molecule has 0 saturated carbocycles. The minimum absolute atomic E-state index is 0.00255. The Labute approximate surface area is 155 Å². The fourth-order valence-electron chi connectivity index (χ4n) is 2.38. The van der Waals surface area contributed by atoms with Gasteiger partial charge in [-0.3, -0.25) is 19.5 Å². The highest BCUT2D eigenvalue weighted by molar-refractivity contribution is 5.60. The predicted octanol–water partition coefficient (Wildman–Crippen LogP) is 4.10. The third-order valence-electron chi connectivity index (χ3n) is 3.84. The van der Waals surface area contributed by atoms with Crippen molar-refractivity contribution in [2.75, 3.05) is 0 Å².